The number of aromatic nitrogens is 2. The minimum absolute atomic E-state index is 0.0317. The first-order chi connectivity index (χ1) is 13.0. The Morgan fingerprint density at radius 3 is 2.93 bits per heavy atom. The second-order valence-corrected chi connectivity index (χ2v) is 6.91. The van der Waals surface area contributed by atoms with Crippen molar-refractivity contribution in [2.75, 3.05) is 40.9 Å². The lowest BCUT2D eigenvalue weighted by atomic mass is 10.2. The number of carbonyl (C=O) groups is 2. The fourth-order valence-corrected chi connectivity index (χ4v) is 3.49. The highest BCUT2D eigenvalue weighted by atomic mass is 16.5. The highest BCUT2D eigenvalue weighted by Gasteiger charge is 2.34. The van der Waals surface area contributed by atoms with E-state index in [4.69, 9.17) is 4.74 Å². The number of rotatable bonds is 6. The maximum atomic E-state index is 12.7. The molecule has 3 amide bonds. The van der Waals surface area contributed by atoms with Gasteiger partial charge in [0.1, 0.15) is 5.82 Å². The number of carbonyl (C=O) groups excluding carboxylic acids is 2. The van der Waals surface area contributed by atoms with E-state index in [-0.39, 0.29) is 18.0 Å². The van der Waals surface area contributed by atoms with Gasteiger partial charge in [-0.1, -0.05) is 6.07 Å². The number of fused-ring (bicyclic) bond motifs is 1. The van der Waals surface area contributed by atoms with Gasteiger partial charge in [0.2, 0.25) is 0 Å². The molecule has 1 aliphatic heterocycles. The van der Waals surface area contributed by atoms with E-state index in [1.807, 2.05) is 33.7 Å². The molecule has 8 nitrogen and oxygen atoms in total. The lowest BCUT2D eigenvalue weighted by molar-refractivity contribution is 0.0945. The van der Waals surface area contributed by atoms with Gasteiger partial charge in [-0.15, -0.1) is 0 Å². The molecule has 0 unspecified atom stereocenters. The zero-order chi connectivity index (χ0) is 19.4. The summed E-state index contributed by atoms with van der Waals surface area (Å²) in [4.78, 5) is 33.3. The van der Waals surface area contributed by atoms with Crippen molar-refractivity contribution >= 4 is 17.5 Å². The third kappa shape index (κ3) is 3.90. The van der Waals surface area contributed by atoms with Gasteiger partial charge in [0.15, 0.2) is 5.69 Å². The molecule has 8 heteroatoms. The molecule has 0 aliphatic carbocycles. The van der Waals surface area contributed by atoms with Crippen molar-refractivity contribution in [3.63, 3.8) is 0 Å². The van der Waals surface area contributed by atoms with Crippen LogP contribution in [0.1, 0.15) is 41.6 Å². The molecular weight excluding hydrogens is 346 g/mol. The quantitative estimate of drug-likeness (QED) is 0.785. The average molecular weight is 373 g/mol. The average Bonchev–Trinajstić information content (AvgIpc) is 3.28. The molecule has 1 atom stereocenters. The van der Waals surface area contributed by atoms with Crippen LogP contribution >= 0.6 is 0 Å². The first-order valence-corrected chi connectivity index (χ1v) is 9.26. The summed E-state index contributed by atoms with van der Waals surface area (Å²) in [5, 5.41) is 2.90. The molecule has 0 aromatic carbocycles. The number of methoxy groups -OCH3 is 1. The Kier molecular flexibility index (Phi) is 5.95. The topological polar surface area (TPSA) is 79.2 Å². The second kappa shape index (κ2) is 8.39. The number of nitrogens with zero attached hydrogens (tertiary/aromatic N) is 4. The minimum atomic E-state index is -0.204. The summed E-state index contributed by atoms with van der Waals surface area (Å²) in [5.74, 6) is 0.532. The van der Waals surface area contributed by atoms with Gasteiger partial charge in [-0.3, -0.25) is 4.79 Å². The maximum Gasteiger partial charge on any atom is 0.320 e. The van der Waals surface area contributed by atoms with Crippen LogP contribution in [-0.4, -0.2) is 72.0 Å². The van der Waals surface area contributed by atoms with Crippen LogP contribution in [0.3, 0.4) is 0 Å². The Labute approximate surface area is 159 Å². The highest BCUT2D eigenvalue weighted by Crippen LogP contribution is 2.33. The van der Waals surface area contributed by atoms with Crippen LogP contribution in [0.25, 0.3) is 5.52 Å². The van der Waals surface area contributed by atoms with Gasteiger partial charge in [-0.2, -0.15) is 0 Å². The van der Waals surface area contributed by atoms with E-state index in [0.717, 1.165) is 30.6 Å². The summed E-state index contributed by atoms with van der Waals surface area (Å²) in [5.41, 5.74) is 1.15. The van der Waals surface area contributed by atoms with Gasteiger partial charge < -0.3 is 24.3 Å². The van der Waals surface area contributed by atoms with Crippen LogP contribution in [0.2, 0.25) is 0 Å². The van der Waals surface area contributed by atoms with E-state index in [0.29, 0.717) is 25.4 Å². The van der Waals surface area contributed by atoms with Crippen molar-refractivity contribution in [1.29, 1.82) is 0 Å². The summed E-state index contributed by atoms with van der Waals surface area (Å²) >= 11 is 0. The minimum Gasteiger partial charge on any atom is -0.385 e. The van der Waals surface area contributed by atoms with Crippen LogP contribution in [0.15, 0.2) is 24.4 Å². The molecule has 1 fully saturated rings. The number of imidazole rings is 1. The smallest absolute Gasteiger partial charge is 0.320 e. The number of amides is 3. The Balaban J connectivity index is 1.90. The predicted molar refractivity (Wildman–Crippen MR) is 102 cm³/mol. The Hall–Kier alpha value is -2.61. The largest absolute Gasteiger partial charge is 0.385 e. The van der Waals surface area contributed by atoms with E-state index < -0.39 is 0 Å². The predicted octanol–water partition coefficient (Wildman–Crippen LogP) is 1.92. The molecule has 1 saturated heterocycles. The summed E-state index contributed by atoms with van der Waals surface area (Å²) in [6.45, 7) is 1.82. The molecule has 0 spiro atoms. The highest BCUT2D eigenvalue weighted by molar-refractivity contribution is 5.99. The van der Waals surface area contributed by atoms with Gasteiger partial charge in [-0.05, 0) is 31.4 Å². The monoisotopic (exact) mass is 373 g/mol. The number of ether oxygens (including phenoxy) is 1. The zero-order valence-electron chi connectivity index (χ0n) is 16.1. The molecule has 0 radical (unpaired) electrons. The summed E-state index contributed by atoms with van der Waals surface area (Å²) < 4.78 is 6.94. The summed E-state index contributed by atoms with van der Waals surface area (Å²) in [6.07, 6.45) is 4.40. The van der Waals surface area contributed by atoms with Gasteiger partial charge in [0.05, 0.1) is 11.6 Å². The molecular formula is C19H27N5O3. The van der Waals surface area contributed by atoms with Crippen molar-refractivity contribution in [1.82, 2.24) is 24.5 Å². The lowest BCUT2D eigenvalue weighted by Gasteiger charge is -2.27. The van der Waals surface area contributed by atoms with E-state index in [9.17, 15) is 9.59 Å². The Bertz CT molecular complexity index is 817. The molecule has 27 heavy (non-hydrogen) atoms. The van der Waals surface area contributed by atoms with Crippen molar-refractivity contribution in [3.05, 3.63) is 35.9 Å². The number of pyridine rings is 1. The van der Waals surface area contributed by atoms with Gasteiger partial charge in [0, 0.05) is 47.1 Å². The standard InChI is InChI=1S/C19H27N5O3/c1-22(2)19(26)24-12-6-9-15(24)17-21-16(14-8-4-5-11-23(14)17)18(25)20-10-7-13-27-3/h4-5,8,11,15H,6-7,9-10,12-13H2,1-3H3,(H,20,25)/t15-/m0/s1. The van der Waals surface area contributed by atoms with E-state index in [2.05, 4.69) is 10.3 Å². The fraction of sp³-hybridized carbons (Fsp3) is 0.526. The van der Waals surface area contributed by atoms with Crippen LogP contribution in [-0.2, 0) is 4.74 Å². The fourth-order valence-electron chi connectivity index (χ4n) is 3.49. The second-order valence-electron chi connectivity index (χ2n) is 6.91. The van der Waals surface area contributed by atoms with Gasteiger partial charge in [-0.25, -0.2) is 9.78 Å². The molecule has 0 saturated carbocycles. The molecule has 3 heterocycles. The van der Waals surface area contributed by atoms with E-state index >= 15 is 0 Å². The van der Waals surface area contributed by atoms with Crippen molar-refractivity contribution < 1.29 is 14.3 Å². The van der Waals surface area contributed by atoms with Crippen molar-refractivity contribution in [2.45, 2.75) is 25.3 Å². The van der Waals surface area contributed by atoms with Crippen LogP contribution in [0.5, 0.6) is 0 Å². The van der Waals surface area contributed by atoms with Crippen LogP contribution in [0.4, 0.5) is 4.79 Å². The third-order valence-electron chi connectivity index (χ3n) is 4.78. The van der Waals surface area contributed by atoms with Crippen molar-refractivity contribution in [2.24, 2.45) is 0 Å². The number of hydrogen-bond donors (Lipinski definition) is 1. The van der Waals surface area contributed by atoms with Gasteiger partial charge in [0.25, 0.3) is 5.91 Å². The van der Waals surface area contributed by atoms with E-state index in [1.54, 1.807) is 26.1 Å². The summed E-state index contributed by atoms with van der Waals surface area (Å²) in [7, 11) is 5.14. The Morgan fingerprint density at radius 2 is 2.19 bits per heavy atom. The normalized spacial score (nSPS) is 16.7. The summed E-state index contributed by atoms with van der Waals surface area (Å²) in [6, 6.07) is 5.51. The number of likely N-dealkylation sites (tertiary alicyclic amines) is 1. The van der Waals surface area contributed by atoms with Gasteiger partial charge >= 0.3 is 6.03 Å². The SMILES string of the molecule is COCCCNC(=O)c1nc([C@@H]2CCCN2C(=O)N(C)C)n2ccccc12. The third-order valence-corrected chi connectivity index (χ3v) is 4.78. The van der Waals surface area contributed by atoms with Crippen LogP contribution < -0.4 is 5.32 Å². The van der Waals surface area contributed by atoms with Crippen molar-refractivity contribution in [3.8, 4) is 0 Å². The Morgan fingerprint density at radius 1 is 1.37 bits per heavy atom. The number of urea groups is 1. The maximum absolute atomic E-state index is 12.7. The molecule has 0 bridgehead atoms. The molecule has 3 rings (SSSR count). The molecule has 1 N–H and O–H groups in total. The van der Waals surface area contributed by atoms with Crippen LogP contribution in [0, 0.1) is 0 Å². The molecule has 2 aromatic rings. The lowest BCUT2D eigenvalue weighted by Crippen LogP contribution is -2.39. The first-order valence-electron chi connectivity index (χ1n) is 9.26. The number of hydrogen-bond acceptors (Lipinski definition) is 4. The van der Waals surface area contributed by atoms with E-state index in [1.165, 1.54) is 0 Å². The first kappa shape index (κ1) is 19.2. The zero-order valence-corrected chi connectivity index (χ0v) is 16.1. The molecule has 2 aromatic heterocycles. The molecule has 146 valence electrons. The number of nitrogens with one attached hydrogen (secondary N) is 1. The molecule has 1 aliphatic rings.